The number of nitrogens with zero attached hydrogens (tertiary/aromatic N) is 3. The molecule has 112 valence electrons. The molecular weight excluding hydrogens is 267 g/mol. The SMILES string of the molecule is C[C@@H]1CNCCN1Cc1cnn(Cc2ccc(F)cc2)c1. The van der Waals surface area contributed by atoms with E-state index in [1.54, 1.807) is 12.1 Å². The van der Waals surface area contributed by atoms with E-state index in [0.29, 0.717) is 12.6 Å². The molecule has 1 aromatic carbocycles. The maximum Gasteiger partial charge on any atom is 0.123 e. The molecule has 1 aliphatic heterocycles. The molecule has 1 aliphatic rings. The van der Waals surface area contributed by atoms with Gasteiger partial charge in [-0.1, -0.05) is 12.1 Å². The fourth-order valence-corrected chi connectivity index (χ4v) is 2.70. The standard InChI is InChI=1S/C16H21FN4/c1-13-8-18-6-7-20(13)10-15-9-19-21(12-15)11-14-2-4-16(17)5-3-14/h2-5,9,12-13,18H,6-8,10-11H2,1H3/t13-/m1/s1. The average Bonchev–Trinajstić information content (AvgIpc) is 2.91. The van der Waals surface area contributed by atoms with Crippen molar-refractivity contribution in [1.82, 2.24) is 20.0 Å². The van der Waals surface area contributed by atoms with Crippen molar-refractivity contribution < 1.29 is 4.39 Å². The van der Waals surface area contributed by atoms with Gasteiger partial charge in [-0.3, -0.25) is 9.58 Å². The lowest BCUT2D eigenvalue weighted by molar-refractivity contribution is 0.165. The number of hydrogen-bond donors (Lipinski definition) is 1. The molecule has 5 heteroatoms. The highest BCUT2D eigenvalue weighted by atomic mass is 19.1. The number of halogens is 1. The molecule has 1 saturated heterocycles. The molecule has 1 N–H and O–H groups in total. The highest BCUT2D eigenvalue weighted by Gasteiger charge is 2.18. The molecule has 21 heavy (non-hydrogen) atoms. The summed E-state index contributed by atoms with van der Waals surface area (Å²) >= 11 is 0. The summed E-state index contributed by atoms with van der Waals surface area (Å²) in [6.45, 7) is 7.03. The fourth-order valence-electron chi connectivity index (χ4n) is 2.70. The first-order valence-electron chi connectivity index (χ1n) is 7.41. The van der Waals surface area contributed by atoms with Gasteiger partial charge in [0.1, 0.15) is 5.82 Å². The topological polar surface area (TPSA) is 33.1 Å². The van der Waals surface area contributed by atoms with Crippen molar-refractivity contribution in [3.63, 3.8) is 0 Å². The number of hydrogen-bond acceptors (Lipinski definition) is 3. The Morgan fingerprint density at radius 3 is 2.81 bits per heavy atom. The van der Waals surface area contributed by atoms with Gasteiger partial charge in [-0.05, 0) is 24.6 Å². The Bertz CT molecular complexity index is 578. The quantitative estimate of drug-likeness (QED) is 0.932. The third-order valence-electron chi connectivity index (χ3n) is 3.97. The number of benzene rings is 1. The predicted molar refractivity (Wildman–Crippen MR) is 80.5 cm³/mol. The summed E-state index contributed by atoms with van der Waals surface area (Å²) in [5.74, 6) is -0.201. The summed E-state index contributed by atoms with van der Waals surface area (Å²) < 4.78 is 14.8. The Hall–Kier alpha value is -1.72. The molecule has 1 atom stereocenters. The number of rotatable bonds is 4. The van der Waals surface area contributed by atoms with Gasteiger partial charge >= 0.3 is 0 Å². The molecule has 0 spiro atoms. The second-order valence-electron chi connectivity index (χ2n) is 5.70. The van der Waals surface area contributed by atoms with Crippen molar-refractivity contribution >= 4 is 0 Å². The van der Waals surface area contributed by atoms with Crippen LogP contribution in [0.2, 0.25) is 0 Å². The Morgan fingerprint density at radius 2 is 2.05 bits per heavy atom. The summed E-state index contributed by atoms with van der Waals surface area (Å²) in [4.78, 5) is 2.47. The summed E-state index contributed by atoms with van der Waals surface area (Å²) in [6.07, 6.45) is 4.01. The minimum Gasteiger partial charge on any atom is -0.314 e. The lowest BCUT2D eigenvalue weighted by atomic mass is 10.2. The summed E-state index contributed by atoms with van der Waals surface area (Å²) in [7, 11) is 0. The maximum absolute atomic E-state index is 12.9. The van der Waals surface area contributed by atoms with E-state index in [1.165, 1.54) is 17.7 Å². The molecular formula is C16H21FN4. The fraction of sp³-hybridized carbons (Fsp3) is 0.438. The van der Waals surface area contributed by atoms with E-state index in [2.05, 4.69) is 28.4 Å². The Morgan fingerprint density at radius 1 is 1.24 bits per heavy atom. The van der Waals surface area contributed by atoms with Crippen LogP contribution in [0.25, 0.3) is 0 Å². The van der Waals surface area contributed by atoms with E-state index in [1.807, 2.05) is 10.9 Å². The van der Waals surface area contributed by atoms with E-state index < -0.39 is 0 Å². The molecule has 1 fully saturated rings. The van der Waals surface area contributed by atoms with Gasteiger partial charge < -0.3 is 5.32 Å². The summed E-state index contributed by atoms with van der Waals surface area (Å²) in [5.41, 5.74) is 2.28. The van der Waals surface area contributed by atoms with Gasteiger partial charge in [0.15, 0.2) is 0 Å². The molecule has 2 aromatic rings. The third kappa shape index (κ3) is 3.68. The molecule has 4 nitrogen and oxygen atoms in total. The van der Waals surface area contributed by atoms with Gasteiger partial charge in [-0.2, -0.15) is 5.10 Å². The van der Waals surface area contributed by atoms with Crippen LogP contribution in [0.1, 0.15) is 18.1 Å². The van der Waals surface area contributed by atoms with Gasteiger partial charge in [0.25, 0.3) is 0 Å². The monoisotopic (exact) mass is 288 g/mol. The van der Waals surface area contributed by atoms with Crippen LogP contribution >= 0.6 is 0 Å². The lowest BCUT2D eigenvalue weighted by Crippen LogP contribution is -2.49. The Labute approximate surface area is 124 Å². The smallest absolute Gasteiger partial charge is 0.123 e. The Balaban J connectivity index is 1.61. The molecule has 0 radical (unpaired) electrons. The van der Waals surface area contributed by atoms with Crippen LogP contribution in [0.5, 0.6) is 0 Å². The van der Waals surface area contributed by atoms with E-state index in [0.717, 1.165) is 31.7 Å². The zero-order chi connectivity index (χ0) is 14.7. The molecule has 0 aliphatic carbocycles. The molecule has 0 amide bonds. The van der Waals surface area contributed by atoms with E-state index in [4.69, 9.17) is 0 Å². The minimum atomic E-state index is -0.201. The highest BCUT2D eigenvalue weighted by molar-refractivity contribution is 5.17. The molecule has 3 rings (SSSR count). The molecule has 2 heterocycles. The second kappa shape index (κ2) is 6.37. The van der Waals surface area contributed by atoms with Crippen molar-refractivity contribution in [2.75, 3.05) is 19.6 Å². The first-order chi connectivity index (χ1) is 10.2. The maximum atomic E-state index is 12.9. The van der Waals surface area contributed by atoms with Crippen LogP contribution in [0.15, 0.2) is 36.7 Å². The third-order valence-corrected chi connectivity index (χ3v) is 3.97. The molecule has 0 bridgehead atoms. The summed E-state index contributed by atoms with van der Waals surface area (Å²) in [5, 5.41) is 7.80. The van der Waals surface area contributed by atoms with Gasteiger partial charge in [0, 0.05) is 44.0 Å². The number of aromatic nitrogens is 2. The van der Waals surface area contributed by atoms with Crippen molar-refractivity contribution in [2.24, 2.45) is 0 Å². The van der Waals surface area contributed by atoms with E-state index in [-0.39, 0.29) is 5.82 Å². The largest absolute Gasteiger partial charge is 0.314 e. The van der Waals surface area contributed by atoms with Crippen LogP contribution < -0.4 is 5.32 Å². The van der Waals surface area contributed by atoms with Crippen LogP contribution in [0.4, 0.5) is 4.39 Å². The average molecular weight is 288 g/mol. The molecule has 1 aromatic heterocycles. The van der Waals surface area contributed by atoms with Crippen LogP contribution in [-0.2, 0) is 13.1 Å². The lowest BCUT2D eigenvalue weighted by Gasteiger charge is -2.33. The first kappa shape index (κ1) is 14.2. The van der Waals surface area contributed by atoms with Crippen LogP contribution in [0.3, 0.4) is 0 Å². The van der Waals surface area contributed by atoms with Gasteiger partial charge in [-0.15, -0.1) is 0 Å². The second-order valence-corrected chi connectivity index (χ2v) is 5.70. The van der Waals surface area contributed by atoms with Gasteiger partial charge in [0.05, 0.1) is 12.7 Å². The number of nitrogens with one attached hydrogen (secondary N) is 1. The van der Waals surface area contributed by atoms with Crippen molar-refractivity contribution in [1.29, 1.82) is 0 Å². The number of piperazine rings is 1. The van der Waals surface area contributed by atoms with Crippen LogP contribution in [-0.4, -0.2) is 40.4 Å². The molecule has 0 saturated carbocycles. The van der Waals surface area contributed by atoms with Gasteiger partial charge in [0.2, 0.25) is 0 Å². The zero-order valence-corrected chi connectivity index (χ0v) is 12.3. The first-order valence-corrected chi connectivity index (χ1v) is 7.41. The van der Waals surface area contributed by atoms with Crippen molar-refractivity contribution in [3.05, 3.63) is 53.6 Å². The van der Waals surface area contributed by atoms with Gasteiger partial charge in [-0.25, -0.2) is 4.39 Å². The Kier molecular flexibility index (Phi) is 4.31. The van der Waals surface area contributed by atoms with E-state index in [9.17, 15) is 4.39 Å². The molecule has 0 unspecified atom stereocenters. The minimum absolute atomic E-state index is 0.201. The summed E-state index contributed by atoms with van der Waals surface area (Å²) in [6, 6.07) is 7.13. The van der Waals surface area contributed by atoms with Crippen LogP contribution in [0, 0.1) is 5.82 Å². The normalized spacial score (nSPS) is 19.8. The van der Waals surface area contributed by atoms with E-state index >= 15 is 0 Å². The predicted octanol–water partition coefficient (Wildman–Crippen LogP) is 1.86. The highest BCUT2D eigenvalue weighted by Crippen LogP contribution is 2.11. The zero-order valence-electron chi connectivity index (χ0n) is 12.3. The van der Waals surface area contributed by atoms with Crippen molar-refractivity contribution in [2.45, 2.75) is 26.1 Å². The van der Waals surface area contributed by atoms with Crippen molar-refractivity contribution in [3.8, 4) is 0 Å².